The SMILES string of the molecule is CCc1cc(N(Cl)S(=O)(=O)C(c2ccccc2C)C(F)(F)F)ccc1N1CCNCC1. The predicted molar refractivity (Wildman–Crippen MR) is 118 cm³/mol. The molecule has 1 unspecified atom stereocenters. The number of hydrogen-bond donors (Lipinski definition) is 1. The first kappa shape index (κ1) is 23.7. The van der Waals surface area contributed by atoms with Crippen LogP contribution in [-0.2, 0) is 16.4 Å². The zero-order valence-corrected chi connectivity index (χ0v) is 18.9. The number of alkyl halides is 3. The summed E-state index contributed by atoms with van der Waals surface area (Å²) in [6.07, 6.45) is -4.45. The molecular formula is C21H25ClF3N3O2S. The lowest BCUT2D eigenvalue weighted by Crippen LogP contribution is -2.43. The average molecular weight is 476 g/mol. The van der Waals surface area contributed by atoms with Crippen LogP contribution in [0, 0.1) is 6.92 Å². The average Bonchev–Trinajstić information content (AvgIpc) is 2.73. The third kappa shape index (κ3) is 4.94. The van der Waals surface area contributed by atoms with E-state index < -0.39 is 21.4 Å². The highest BCUT2D eigenvalue weighted by Crippen LogP contribution is 2.44. The zero-order chi connectivity index (χ0) is 22.8. The van der Waals surface area contributed by atoms with Gasteiger partial charge in [0.2, 0.25) is 5.25 Å². The molecule has 3 rings (SSSR count). The summed E-state index contributed by atoms with van der Waals surface area (Å²) in [6.45, 7) is 6.58. The number of hydrogen-bond acceptors (Lipinski definition) is 4. The lowest BCUT2D eigenvalue weighted by molar-refractivity contribution is -0.131. The van der Waals surface area contributed by atoms with Crippen molar-refractivity contribution in [3.05, 3.63) is 59.2 Å². The fourth-order valence-electron chi connectivity index (χ4n) is 3.80. The Balaban J connectivity index is 2.01. The van der Waals surface area contributed by atoms with E-state index in [0.29, 0.717) is 6.42 Å². The molecule has 5 nitrogen and oxygen atoms in total. The van der Waals surface area contributed by atoms with Gasteiger partial charge in [-0.25, -0.2) is 8.42 Å². The lowest BCUT2D eigenvalue weighted by Gasteiger charge is -2.32. The first-order valence-corrected chi connectivity index (χ1v) is 11.8. The molecule has 2 aromatic carbocycles. The van der Waals surface area contributed by atoms with E-state index in [1.54, 1.807) is 18.2 Å². The molecule has 1 heterocycles. The Morgan fingerprint density at radius 3 is 2.39 bits per heavy atom. The number of piperazine rings is 1. The normalized spacial score (nSPS) is 16.3. The van der Waals surface area contributed by atoms with Crippen LogP contribution in [0.3, 0.4) is 0 Å². The molecule has 170 valence electrons. The van der Waals surface area contributed by atoms with E-state index in [1.165, 1.54) is 31.2 Å². The molecule has 1 aliphatic heterocycles. The molecule has 10 heteroatoms. The van der Waals surface area contributed by atoms with Crippen LogP contribution in [0.1, 0.15) is 28.9 Å². The second-order valence-electron chi connectivity index (χ2n) is 7.44. The Morgan fingerprint density at radius 2 is 1.81 bits per heavy atom. The molecule has 1 saturated heterocycles. The highest BCUT2D eigenvalue weighted by atomic mass is 35.5. The molecule has 0 aromatic heterocycles. The fraction of sp³-hybridized carbons (Fsp3) is 0.429. The number of benzene rings is 2. The Bertz CT molecular complexity index is 1020. The van der Waals surface area contributed by atoms with Crippen LogP contribution < -0.4 is 14.0 Å². The van der Waals surface area contributed by atoms with E-state index in [9.17, 15) is 21.6 Å². The van der Waals surface area contributed by atoms with Gasteiger partial charge in [0.25, 0.3) is 10.0 Å². The van der Waals surface area contributed by atoms with Crippen molar-refractivity contribution in [1.29, 1.82) is 0 Å². The summed E-state index contributed by atoms with van der Waals surface area (Å²) in [5.41, 5.74) is 1.62. The number of nitrogens with zero attached hydrogens (tertiary/aromatic N) is 2. The number of rotatable bonds is 6. The highest BCUT2D eigenvalue weighted by Gasteiger charge is 2.52. The standard InChI is InChI=1S/C21H25ClF3N3O2S/c1-3-16-14-17(8-9-19(16)27-12-10-26-11-13-27)28(22)31(29,30)20(21(23,24)25)18-7-5-4-6-15(18)2/h4-9,14,20,26H,3,10-13H2,1-2H3. The van der Waals surface area contributed by atoms with Crippen molar-refractivity contribution in [2.75, 3.05) is 34.9 Å². The summed E-state index contributed by atoms with van der Waals surface area (Å²) in [4.78, 5) is 2.16. The molecule has 0 bridgehead atoms. The van der Waals surface area contributed by atoms with E-state index in [2.05, 4.69) is 10.2 Å². The van der Waals surface area contributed by atoms with Gasteiger partial charge in [-0.3, -0.25) is 0 Å². The van der Waals surface area contributed by atoms with Crippen molar-refractivity contribution in [2.45, 2.75) is 31.7 Å². The quantitative estimate of drug-likeness (QED) is 0.622. The minimum absolute atomic E-state index is 0.0137. The van der Waals surface area contributed by atoms with Gasteiger partial charge in [0.15, 0.2) is 0 Å². The third-order valence-electron chi connectivity index (χ3n) is 5.39. The van der Waals surface area contributed by atoms with E-state index in [1.807, 2.05) is 6.92 Å². The Hall–Kier alpha value is -1.97. The summed E-state index contributed by atoms with van der Waals surface area (Å²) >= 11 is 6.09. The monoisotopic (exact) mass is 475 g/mol. The maximum atomic E-state index is 13.9. The minimum Gasteiger partial charge on any atom is -0.369 e. The number of aryl methyl sites for hydroxylation is 2. The predicted octanol–water partition coefficient (Wildman–Crippen LogP) is 4.56. The molecule has 1 atom stereocenters. The van der Waals surface area contributed by atoms with E-state index >= 15 is 0 Å². The molecule has 0 amide bonds. The Kier molecular flexibility index (Phi) is 7.08. The van der Waals surface area contributed by atoms with Gasteiger partial charge in [-0.05, 0) is 48.2 Å². The first-order valence-electron chi connectivity index (χ1n) is 9.98. The second-order valence-corrected chi connectivity index (χ2v) is 9.85. The zero-order valence-electron chi connectivity index (χ0n) is 17.3. The molecular weight excluding hydrogens is 451 g/mol. The van der Waals surface area contributed by atoms with Crippen molar-refractivity contribution < 1.29 is 21.6 Å². The Morgan fingerprint density at radius 1 is 1.16 bits per heavy atom. The fourth-order valence-corrected chi connectivity index (χ4v) is 5.66. The molecule has 0 radical (unpaired) electrons. The van der Waals surface area contributed by atoms with Crippen molar-refractivity contribution in [1.82, 2.24) is 5.32 Å². The molecule has 0 aliphatic carbocycles. The molecule has 1 aliphatic rings. The molecule has 2 aromatic rings. The van der Waals surface area contributed by atoms with Gasteiger partial charge < -0.3 is 10.2 Å². The highest BCUT2D eigenvalue weighted by molar-refractivity contribution is 7.94. The van der Waals surface area contributed by atoms with Crippen molar-refractivity contribution >= 4 is 33.2 Å². The van der Waals surface area contributed by atoms with E-state index in [-0.39, 0.29) is 20.6 Å². The number of sulfonamides is 1. The van der Waals surface area contributed by atoms with Gasteiger partial charge in [0.05, 0.1) is 5.69 Å². The van der Waals surface area contributed by atoms with Crippen molar-refractivity contribution in [2.24, 2.45) is 0 Å². The smallest absolute Gasteiger partial charge is 0.369 e. The van der Waals surface area contributed by atoms with Crippen molar-refractivity contribution in [3.63, 3.8) is 0 Å². The molecule has 0 spiro atoms. The maximum Gasteiger partial charge on any atom is 0.411 e. The summed E-state index contributed by atoms with van der Waals surface area (Å²) < 4.78 is 68.2. The molecule has 0 saturated carbocycles. The number of anilines is 2. The van der Waals surface area contributed by atoms with Crippen molar-refractivity contribution in [3.8, 4) is 0 Å². The van der Waals surface area contributed by atoms with E-state index in [0.717, 1.165) is 37.4 Å². The summed E-state index contributed by atoms with van der Waals surface area (Å²) in [5, 5.41) is 0.494. The van der Waals surface area contributed by atoms with Gasteiger partial charge >= 0.3 is 6.18 Å². The Labute approximate surface area is 186 Å². The second kappa shape index (κ2) is 9.26. The van der Waals surface area contributed by atoms with Crippen LogP contribution in [-0.4, -0.2) is 40.8 Å². The minimum atomic E-state index is -5.04. The third-order valence-corrected chi connectivity index (χ3v) is 7.94. The number of halogens is 4. The van der Waals surface area contributed by atoms with Gasteiger partial charge in [-0.1, -0.05) is 31.2 Å². The van der Waals surface area contributed by atoms with Crippen LogP contribution in [0.25, 0.3) is 0 Å². The van der Waals surface area contributed by atoms with Gasteiger partial charge in [0.1, 0.15) is 0 Å². The van der Waals surface area contributed by atoms with E-state index in [4.69, 9.17) is 11.8 Å². The molecule has 1 N–H and O–H groups in total. The van der Waals surface area contributed by atoms with Crippen LogP contribution in [0.5, 0.6) is 0 Å². The summed E-state index contributed by atoms with van der Waals surface area (Å²) in [6, 6.07) is 10.3. The summed E-state index contributed by atoms with van der Waals surface area (Å²) in [7, 11) is -5.00. The van der Waals surface area contributed by atoms with Gasteiger partial charge in [-0.15, -0.1) is 0 Å². The van der Waals surface area contributed by atoms with Crippen LogP contribution in [0.4, 0.5) is 24.5 Å². The number of nitrogens with one attached hydrogen (secondary N) is 1. The van der Waals surface area contributed by atoms with Crippen LogP contribution >= 0.6 is 11.8 Å². The lowest BCUT2D eigenvalue weighted by atomic mass is 10.1. The topological polar surface area (TPSA) is 52.7 Å². The van der Waals surface area contributed by atoms with Crippen LogP contribution in [0.2, 0.25) is 0 Å². The maximum absolute atomic E-state index is 13.9. The molecule has 1 fully saturated rings. The summed E-state index contributed by atoms with van der Waals surface area (Å²) in [5.74, 6) is 0. The molecule has 31 heavy (non-hydrogen) atoms. The van der Waals surface area contributed by atoms with Gasteiger partial charge in [0, 0.05) is 43.6 Å². The van der Waals surface area contributed by atoms with Crippen LogP contribution in [0.15, 0.2) is 42.5 Å². The first-order chi connectivity index (χ1) is 14.6. The largest absolute Gasteiger partial charge is 0.411 e. The van der Waals surface area contributed by atoms with Gasteiger partial charge in [-0.2, -0.15) is 17.0 Å².